The van der Waals surface area contributed by atoms with Gasteiger partial charge in [0, 0.05) is 0 Å². The molecule has 2 aromatic carbocycles. The highest BCUT2D eigenvalue weighted by Gasteiger charge is 2.13. The van der Waals surface area contributed by atoms with Crippen LogP contribution in [0.15, 0.2) is 48.0 Å². The monoisotopic (exact) mass is 526 g/mol. The number of unbranched alkanes of at least 4 members (excludes halogenated alkanes) is 8. The highest BCUT2D eigenvalue weighted by Crippen LogP contribution is 2.30. The molecular formula is C37H54N2. The Hall–Kier alpha value is -2.66. The molecule has 0 unspecified atom stereocenters. The van der Waals surface area contributed by atoms with E-state index in [1.807, 2.05) is 6.92 Å². The highest BCUT2D eigenvalue weighted by atomic mass is 14.8. The fraction of sp³-hybridized carbons (Fsp3) is 0.568. The summed E-state index contributed by atoms with van der Waals surface area (Å²) in [5.41, 5.74) is 19.6. The molecule has 0 fully saturated rings. The minimum absolute atomic E-state index is 0.833. The van der Waals surface area contributed by atoms with Crippen LogP contribution in [-0.2, 0) is 25.7 Å². The minimum atomic E-state index is 0.833. The van der Waals surface area contributed by atoms with Gasteiger partial charge in [-0.15, -0.1) is 4.79 Å². The number of aryl methyl sites for hydroxylation is 4. The van der Waals surface area contributed by atoms with Gasteiger partial charge in [-0.25, -0.2) is 0 Å². The molecule has 0 spiro atoms. The van der Waals surface area contributed by atoms with Crippen molar-refractivity contribution in [3.8, 4) is 0 Å². The summed E-state index contributed by atoms with van der Waals surface area (Å²) in [5, 5.41) is 0. The maximum atomic E-state index is 9.21. The van der Waals surface area contributed by atoms with Crippen molar-refractivity contribution in [3.05, 3.63) is 87.0 Å². The Morgan fingerprint density at radius 3 is 1.33 bits per heavy atom. The zero-order valence-corrected chi connectivity index (χ0v) is 25.7. The molecule has 0 atom stereocenters. The molecule has 2 nitrogen and oxygen atoms in total. The van der Waals surface area contributed by atoms with Crippen molar-refractivity contribution in [1.29, 1.82) is 0 Å². The number of hydrogen-bond acceptors (Lipinski definition) is 0. The van der Waals surface area contributed by atoms with E-state index < -0.39 is 0 Å². The van der Waals surface area contributed by atoms with Gasteiger partial charge in [0.1, 0.15) is 0 Å². The van der Waals surface area contributed by atoms with E-state index in [0.29, 0.717) is 0 Å². The Labute approximate surface area is 240 Å². The Kier molecular flexibility index (Phi) is 16.2. The van der Waals surface area contributed by atoms with Crippen molar-refractivity contribution in [2.75, 3.05) is 0 Å². The predicted octanol–water partition coefficient (Wildman–Crippen LogP) is 10.9. The normalized spacial score (nSPS) is 11.4. The van der Waals surface area contributed by atoms with E-state index in [4.69, 9.17) is 0 Å². The van der Waals surface area contributed by atoms with Crippen LogP contribution in [0.1, 0.15) is 145 Å². The van der Waals surface area contributed by atoms with Crippen molar-refractivity contribution in [2.24, 2.45) is 0 Å². The molecule has 2 aromatic rings. The van der Waals surface area contributed by atoms with Gasteiger partial charge in [0.05, 0.1) is 5.57 Å². The van der Waals surface area contributed by atoms with Crippen LogP contribution < -0.4 is 0 Å². The van der Waals surface area contributed by atoms with Gasteiger partial charge in [0.2, 0.25) is 0 Å². The summed E-state index contributed by atoms with van der Waals surface area (Å²) < 4.78 is 0. The van der Waals surface area contributed by atoms with E-state index in [0.717, 1.165) is 31.3 Å². The summed E-state index contributed by atoms with van der Waals surface area (Å²) in [6.07, 6.45) is 21.7. The summed E-state index contributed by atoms with van der Waals surface area (Å²) in [7, 11) is 0. The van der Waals surface area contributed by atoms with E-state index in [2.05, 4.69) is 80.8 Å². The molecule has 2 heteroatoms. The first-order valence-electron chi connectivity index (χ1n) is 16.0. The summed E-state index contributed by atoms with van der Waals surface area (Å²) >= 11 is 0. The Morgan fingerprint density at radius 1 is 0.590 bits per heavy atom. The molecule has 0 saturated carbocycles. The third-order valence-corrected chi connectivity index (χ3v) is 7.59. The molecule has 0 aliphatic rings. The molecular weight excluding hydrogens is 472 g/mol. The smallest absolute Gasteiger partial charge is 0.302 e. The Bertz CT molecular complexity index is 1050. The van der Waals surface area contributed by atoms with Crippen LogP contribution in [-0.4, -0.2) is 10.7 Å². The topological polar surface area (TPSA) is 36.4 Å². The van der Waals surface area contributed by atoms with Crippen LogP contribution in [0.25, 0.3) is 11.1 Å². The van der Waals surface area contributed by atoms with Crippen molar-refractivity contribution >= 4 is 11.4 Å². The van der Waals surface area contributed by atoms with Gasteiger partial charge >= 0.3 is 5.87 Å². The average Bonchev–Trinajstić information content (AvgIpc) is 2.94. The van der Waals surface area contributed by atoms with Gasteiger partial charge in [-0.3, -0.25) is 0 Å². The van der Waals surface area contributed by atoms with Crippen molar-refractivity contribution in [2.45, 2.75) is 137 Å². The SMILES string of the molecule is CCCCCCc1cc(CCCCCC)cc(C(=CC(C)=C=[N+]=[N-])c2cc(CCCC)cc(CCCC)c2)c1. The largest absolute Gasteiger partial charge is 0.348 e. The molecule has 0 radical (unpaired) electrons. The van der Waals surface area contributed by atoms with E-state index in [9.17, 15) is 5.53 Å². The lowest BCUT2D eigenvalue weighted by Crippen LogP contribution is -1.99. The molecule has 0 amide bonds. The van der Waals surface area contributed by atoms with E-state index >= 15 is 0 Å². The average molecular weight is 527 g/mol. The van der Waals surface area contributed by atoms with Crippen molar-refractivity contribution in [1.82, 2.24) is 0 Å². The first kappa shape index (κ1) is 32.6. The van der Waals surface area contributed by atoms with Gasteiger partial charge in [0.25, 0.3) is 0 Å². The first-order chi connectivity index (χ1) is 19.0. The fourth-order valence-corrected chi connectivity index (χ4v) is 5.35. The van der Waals surface area contributed by atoms with Crippen LogP contribution in [0, 0.1) is 0 Å². The number of benzene rings is 2. The predicted molar refractivity (Wildman–Crippen MR) is 171 cm³/mol. The van der Waals surface area contributed by atoms with Crippen LogP contribution in [0.5, 0.6) is 0 Å². The lowest BCUT2D eigenvalue weighted by Gasteiger charge is -2.16. The maximum Gasteiger partial charge on any atom is 0.302 e. The van der Waals surface area contributed by atoms with Crippen molar-refractivity contribution < 1.29 is 4.79 Å². The lowest BCUT2D eigenvalue weighted by molar-refractivity contribution is 0.00759. The van der Waals surface area contributed by atoms with Crippen LogP contribution in [0.3, 0.4) is 0 Å². The van der Waals surface area contributed by atoms with E-state index in [-0.39, 0.29) is 0 Å². The summed E-state index contributed by atoms with van der Waals surface area (Å²) in [6.45, 7) is 11.1. The summed E-state index contributed by atoms with van der Waals surface area (Å²) in [4.78, 5) is 3.21. The second-order valence-electron chi connectivity index (χ2n) is 11.4. The third-order valence-electron chi connectivity index (χ3n) is 7.59. The minimum Gasteiger partial charge on any atom is -0.348 e. The third kappa shape index (κ3) is 12.4. The number of rotatable bonds is 19. The van der Waals surface area contributed by atoms with Crippen LogP contribution in [0.4, 0.5) is 0 Å². The summed E-state index contributed by atoms with van der Waals surface area (Å²) in [5.74, 6) is 2.76. The fourth-order valence-electron chi connectivity index (χ4n) is 5.35. The lowest BCUT2D eigenvalue weighted by atomic mass is 9.88. The molecule has 0 heterocycles. The van der Waals surface area contributed by atoms with Crippen LogP contribution >= 0.6 is 0 Å². The molecule has 0 bridgehead atoms. The zero-order valence-electron chi connectivity index (χ0n) is 25.7. The van der Waals surface area contributed by atoms with Crippen molar-refractivity contribution in [3.63, 3.8) is 0 Å². The second-order valence-corrected chi connectivity index (χ2v) is 11.4. The van der Waals surface area contributed by atoms with Gasteiger partial charge in [-0.2, -0.15) is 0 Å². The summed E-state index contributed by atoms with van der Waals surface area (Å²) in [6, 6.07) is 14.5. The number of hydrogen-bond donors (Lipinski definition) is 0. The first-order valence-corrected chi connectivity index (χ1v) is 16.0. The molecule has 0 aliphatic heterocycles. The quantitative estimate of drug-likeness (QED) is 0.0574. The molecule has 0 saturated heterocycles. The zero-order chi connectivity index (χ0) is 28.3. The molecule has 2 rings (SSSR count). The highest BCUT2D eigenvalue weighted by molar-refractivity contribution is 5.84. The van der Waals surface area contributed by atoms with Gasteiger partial charge in [-0.1, -0.05) is 115 Å². The van der Waals surface area contributed by atoms with E-state index in [1.54, 1.807) is 0 Å². The second kappa shape index (κ2) is 19.4. The van der Waals surface area contributed by atoms with Gasteiger partial charge in [-0.05, 0) is 103 Å². The molecule has 39 heavy (non-hydrogen) atoms. The Balaban J connectivity index is 2.63. The molecule has 0 N–H and O–H groups in total. The molecule has 212 valence electrons. The number of allylic oxidation sites excluding steroid dienone is 2. The Morgan fingerprint density at radius 2 is 0.974 bits per heavy atom. The molecule has 0 aromatic heterocycles. The van der Waals surface area contributed by atoms with E-state index in [1.165, 1.54) is 116 Å². The standard InChI is InChI=1S/C37H54N2/c1-6-10-14-16-20-33-24-34(21-17-15-11-7-2)28-36(27-33)37(22-30(5)29-39-38)35-25-31(18-12-8-3)23-32(26-35)19-13-9-4/h22-28H,6-21H2,1-5H3. The van der Waals surface area contributed by atoms with Gasteiger partial charge < -0.3 is 5.53 Å². The number of nitrogens with zero attached hydrogens (tertiary/aromatic N) is 2. The molecule has 0 aliphatic carbocycles. The van der Waals surface area contributed by atoms with Crippen LogP contribution in [0.2, 0.25) is 0 Å². The van der Waals surface area contributed by atoms with Gasteiger partial charge in [0.15, 0.2) is 0 Å². The maximum absolute atomic E-state index is 9.21.